The molecule has 3 aromatic carbocycles. The normalized spacial score (nSPS) is 15.1. The molecule has 0 spiro atoms. The van der Waals surface area contributed by atoms with E-state index in [9.17, 15) is 9.59 Å². The molecule has 192 valence electrons. The summed E-state index contributed by atoms with van der Waals surface area (Å²) < 4.78 is 4.83. The molecule has 37 heavy (non-hydrogen) atoms. The SMILES string of the molecule is COC(=O)c1ccc2c(c1)NC(=O)C2C(=Nc1ccc(CN(C)CCCN(C)C)cc1)c1ccccc1. The predicted octanol–water partition coefficient (Wildman–Crippen LogP) is 4.71. The highest BCUT2D eigenvalue weighted by molar-refractivity contribution is 6.24. The number of fused-ring (bicyclic) bond motifs is 1. The maximum atomic E-state index is 13.2. The van der Waals surface area contributed by atoms with Gasteiger partial charge in [0.05, 0.1) is 24.1 Å². The van der Waals surface area contributed by atoms with Gasteiger partial charge >= 0.3 is 5.97 Å². The maximum Gasteiger partial charge on any atom is 0.337 e. The van der Waals surface area contributed by atoms with E-state index in [2.05, 4.69) is 48.4 Å². The fourth-order valence-corrected chi connectivity index (χ4v) is 4.55. The van der Waals surface area contributed by atoms with Crippen molar-refractivity contribution >= 4 is 29.0 Å². The van der Waals surface area contributed by atoms with Gasteiger partial charge in [-0.25, -0.2) is 4.79 Å². The minimum Gasteiger partial charge on any atom is -0.465 e. The Bertz CT molecular complexity index is 1270. The van der Waals surface area contributed by atoms with Gasteiger partial charge < -0.3 is 19.9 Å². The average Bonchev–Trinajstić information content (AvgIpc) is 3.22. The number of hydrogen-bond acceptors (Lipinski definition) is 6. The molecule has 3 aromatic rings. The molecule has 0 aromatic heterocycles. The van der Waals surface area contributed by atoms with Crippen LogP contribution in [0.5, 0.6) is 0 Å². The Labute approximate surface area is 218 Å². The van der Waals surface area contributed by atoms with Gasteiger partial charge in [0.15, 0.2) is 0 Å². The van der Waals surface area contributed by atoms with Crippen LogP contribution in [0.4, 0.5) is 11.4 Å². The van der Waals surface area contributed by atoms with E-state index in [-0.39, 0.29) is 5.91 Å². The van der Waals surface area contributed by atoms with Gasteiger partial charge in [0.2, 0.25) is 5.91 Å². The third kappa shape index (κ3) is 6.50. The number of ether oxygens (including phenoxy) is 1. The Morgan fingerprint density at radius 3 is 2.35 bits per heavy atom. The number of hydrogen-bond donors (Lipinski definition) is 1. The van der Waals surface area contributed by atoms with Gasteiger partial charge in [-0.1, -0.05) is 48.5 Å². The molecule has 0 radical (unpaired) electrons. The molecule has 0 aliphatic carbocycles. The fourth-order valence-electron chi connectivity index (χ4n) is 4.55. The second kappa shape index (κ2) is 12.0. The molecule has 0 saturated carbocycles. The van der Waals surface area contributed by atoms with Crippen LogP contribution in [0.3, 0.4) is 0 Å². The second-order valence-corrected chi connectivity index (χ2v) is 9.64. The average molecular weight is 499 g/mol. The minimum absolute atomic E-state index is 0.171. The van der Waals surface area contributed by atoms with Crippen molar-refractivity contribution in [2.75, 3.05) is 46.7 Å². The van der Waals surface area contributed by atoms with E-state index in [0.29, 0.717) is 17.0 Å². The molecule has 7 nitrogen and oxygen atoms in total. The zero-order valence-corrected chi connectivity index (χ0v) is 21.9. The number of nitrogens with zero attached hydrogens (tertiary/aromatic N) is 3. The molecule has 1 atom stereocenters. The van der Waals surface area contributed by atoms with Crippen LogP contribution in [-0.2, 0) is 16.1 Å². The number of aliphatic imine (C=N–C) groups is 1. The van der Waals surface area contributed by atoms with Crippen molar-refractivity contribution in [2.24, 2.45) is 4.99 Å². The Morgan fingerprint density at radius 1 is 0.946 bits per heavy atom. The highest BCUT2D eigenvalue weighted by Crippen LogP contribution is 2.37. The third-order valence-corrected chi connectivity index (χ3v) is 6.43. The predicted molar refractivity (Wildman–Crippen MR) is 148 cm³/mol. The molecular formula is C30H34N4O3. The first-order valence-electron chi connectivity index (χ1n) is 12.4. The van der Waals surface area contributed by atoms with Crippen LogP contribution in [0.25, 0.3) is 0 Å². The zero-order valence-electron chi connectivity index (χ0n) is 21.9. The van der Waals surface area contributed by atoms with Gasteiger partial charge in [-0.3, -0.25) is 9.79 Å². The van der Waals surface area contributed by atoms with Crippen LogP contribution in [0.2, 0.25) is 0 Å². The summed E-state index contributed by atoms with van der Waals surface area (Å²) in [5.74, 6) is -1.21. The van der Waals surface area contributed by atoms with Gasteiger partial charge in [-0.2, -0.15) is 0 Å². The van der Waals surface area contributed by atoms with Crippen LogP contribution < -0.4 is 5.32 Å². The number of carbonyl (C=O) groups is 2. The van der Waals surface area contributed by atoms with Crippen molar-refractivity contribution in [3.05, 3.63) is 95.1 Å². The van der Waals surface area contributed by atoms with Crippen LogP contribution in [0.1, 0.15) is 39.4 Å². The van der Waals surface area contributed by atoms with Crippen molar-refractivity contribution in [1.29, 1.82) is 0 Å². The topological polar surface area (TPSA) is 74.2 Å². The highest BCUT2D eigenvalue weighted by Gasteiger charge is 2.36. The first kappa shape index (κ1) is 26.3. The van der Waals surface area contributed by atoms with E-state index >= 15 is 0 Å². The van der Waals surface area contributed by atoms with Gasteiger partial charge in [0.1, 0.15) is 5.92 Å². The number of nitrogens with one attached hydrogen (secondary N) is 1. The minimum atomic E-state index is -0.591. The van der Waals surface area contributed by atoms with Crippen molar-refractivity contribution < 1.29 is 14.3 Å². The lowest BCUT2D eigenvalue weighted by molar-refractivity contribution is -0.115. The number of benzene rings is 3. The van der Waals surface area contributed by atoms with Crippen molar-refractivity contribution in [3.63, 3.8) is 0 Å². The van der Waals surface area contributed by atoms with E-state index < -0.39 is 11.9 Å². The monoisotopic (exact) mass is 498 g/mol. The summed E-state index contributed by atoms with van der Waals surface area (Å²) in [5.41, 5.74) is 5.32. The smallest absolute Gasteiger partial charge is 0.337 e. The molecule has 0 fully saturated rings. The molecular weight excluding hydrogens is 464 g/mol. The Morgan fingerprint density at radius 2 is 1.68 bits per heavy atom. The third-order valence-electron chi connectivity index (χ3n) is 6.43. The van der Waals surface area contributed by atoms with Gasteiger partial charge in [0.25, 0.3) is 0 Å². The fraction of sp³-hybridized carbons (Fsp3) is 0.300. The van der Waals surface area contributed by atoms with Crippen LogP contribution in [0, 0.1) is 0 Å². The standard InChI is InChI=1S/C30H34N4O3/c1-33(2)17-8-18-34(3)20-21-11-14-24(15-12-21)31-28(22-9-6-5-7-10-22)27-25-16-13-23(30(36)37-4)19-26(25)32-29(27)35/h5-7,9-16,19,27H,8,17-18,20H2,1-4H3,(H,32,35). The van der Waals surface area contributed by atoms with Crippen molar-refractivity contribution in [2.45, 2.75) is 18.9 Å². The highest BCUT2D eigenvalue weighted by atomic mass is 16.5. The Hall–Kier alpha value is -3.81. The van der Waals surface area contributed by atoms with Crippen LogP contribution in [-0.4, -0.2) is 68.7 Å². The molecule has 4 rings (SSSR count). The molecule has 1 aliphatic heterocycles. The Balaban J connectivity index is 1.60. The largest absolute Gasteiger partial charge is 0.465 e. The summed E-state index contributed by atoms with van der Waals surface area (Å²) in [6.07, 6.45) is 1.12. The lowest BCUT2D eigenvalue weighted by Gasteiger charge is -2.18. The molecule has 1 unspecified atom stereocenters. The first-order chi connectivity index (χ1) is 17.9. The van der Waals surface area contributed by atoms with Gasteiger partial charge in [-0.05, 0) is 81.6 Å². The quantitative estimate of drug-likeness (QED) is 0.324. The van der Waals surface area contributed by atoms with Crippen molar-refractivity contribution in [3.8, 4) is 0 Å². The van der Waals surface area contributed by atoms with E-state index in [1.165, 1.54) is 12.7 Å². The van der Waals surface area contributed by atoms with Crippen LogP contribution >= 0.6 is 0 Å². The maximum absolute atomic E-state index is 13.2. The number of anilines is 1. The zero-order chi connectivity index (χ0) is 26.4. The van der Waals surface area contributed by atoms with E-state index in [0.717, 1.165) is 42.9 Å². The lowest BCUT2D eigenvalue weighted by Crippen LogP contribution is -2.23. The molecule has 0 saturated heterocycles. The molecule has 7 heteroatoms. The molecule has 1 amide bonds. The van der Waals surface area contributed by atoms with Crippen LogP contribution in [0.15, 0.2) is 77.8 Å². The first-order valence-corrected chi connectivity index (χ1v) is 12.4. The summed E-state index contributed by atoms with van der Waals surface area (Å²) in [7, 11) is 7.66. The number of carbonyl (C=O) groups excluding carboxylic acids is 2. The van der Waals surface area contributed by atoms with Gasteiger partial charge in [-0.15, -0.1) is 0 Å². The number of rotatable bonds is 10. The molecule has 1 N–H and O–H groups in total. The second-order valence-electron chi connectivity index (χ2n) is 9.64. The summed E-state index contributed by atoms with van der Waals surface area (Å²) >= 11 is 0. The molecule has 0 bridgehead atoms. The number of esters is 1. The summed E-state index contributed by atoms with van der Waals surface area (Å²) in [6, 6.07) is 23.1. The van der Waals surface area contributed by atoms with E-state index in [4.69, 9.17) is 9.73 Å². The lowest BCUT2D eigenvalue weighted by atomic mass is 9.90. The number of methoxy groups -OCH3 is 1. The number of amides is 1. The van der Waals surface area contributed by atoms with Gasteiger partial charge in [0, 0.05) is 12.2 Å². The van der Waals surface area contributed by atoms with E-state index in [1.807, 2.05) is 42.5 Å². The molecule has 1 aliphatic rings. The van der Waals surface area contributed by atoms with E-state index in [1.54, 1.807) is 18.2 Å². The van der Waals surface area contributed by atoms with Crippen molar-refractivity contribution in [1.82, 2.24) is 9.80 Å². The summed E-state index contributed by atoms with van der Waals surface area (Å²) in [6.45, 7) is 2.97. The summed E-state index contributed by atoms with van der Waals surface area (Å²) in [4.78, 5) is 34.6. The Kier molecular flexibility index (Phi) is 8.48. The molecule has 1 heterocycles. The summed E-state index contributed by atoms with van der Waals surface area (Å²) in [5, 5.41) is 2.92.